The van der Waals surface area contributed by atoms with Gasteiger partial charge in [0.05, 0.1) is 11.8 Å². The molecule has 1 aliphatic heterocycles. The fourth-order valence-corrected chi connectivity index (χ4v) is 7.07. The molecule has 3 saturated carbocycles. The lowest BCUT2D eigenvalue weighted by molar-refractivity contribution is -0.184. The van der Waals surface area contributed by atoms with E-state index in [1.54, 1.807) is 0 Å². The summed E-state index contributed by atoms with van der Waals surface area (Å²) in [5.41, 5.74) is -0.615. The lowest BCUT2D eigenvalue weighted by Crippen LogP contribution is -2.48. The summed E-state index contributed by atoms with van der Waals surface area (Å²) >= 11 is 0. The lowest BCUT2D eigenvalue weighted by Gasteiger charge is -2.42. The Balaban J connectivity index is 1.33. The van der Waals surface area contributed by atoms with Gasteiger partial charge in [0.2, 0.25) is 0 Å². The molecular formula is C25H34F2O12S. The average molecular weight is 597 g/mol. The van der Waals surface area contributed by atoms with Crippen LogP contribution >= 0.6 is 0 Å². The fourth-order valence-electron chi connectivity index (χ4n) is 6.60. The monoisotopic (exact) mass is 596 g/mol. The van der Waals surface area contributed by atoms with Crippen LogP contribution < -0.4 is 0 Å². The van der Waals surface area contributed by atoms with Crippen molar-refractivity contribution in [1.82, 2.24) is 0 Å². The van der Waals surface area contributed by atoms with Crippen molar-refractivity contribution in [2.75, 3.05) is 13.2 Å². The molecule has 0 spiro atoms. The highest BCUT2D eigenvalue weighted by Gasteiger charge is 2.70. The van der Waals surface area contributed by atoms with E-state index in [4.69, 9.17) is 23.5 Å². The van der Waals surface area contributed by atoms with Crippen LogP contribution in [-0.2, 0) is 53.0 Å². The molecule has 4 rings (SSSR count). The molecule has 40 heavy (non-hydrogen) atoms. The number of halogens is 2. The second-order valence-corrected chi connectivity index (χ2v) is 12.8. The summed E-state index contributed by atoms with van der Waals surface area (Å²) in [6.45, 7) is 2.76. The van der Waals surface area contributed by atoms with E-state index >= 15 is 0 Å². The highest BCUT2D eigenvalue weighted by atomic mass is 32.2. The number of hydrogen-bond acceptors (Lipinski definition) is 11. The molecule has 1 N–H and O–H groups in total. The molecule has 7 unspecified atom stereocenters. The summed E-state index contributed by atoms with van der Waals surface area (Å²) in [4.78, 5) is 50.4. The maximum Gasteiger partial charge on any atom is 0.405 e. The lowest BCUT2D eigenvalue weighted by atomic mass is 9.75. The normalized spacial score (nSPS) is 31.5. The Hall–Kier alpha value is -2.39. The summed E-state index contributed by atoms with van der Waals surface area (Å²) in [7, 11) is -5.83. The van der Waals surface area contributed by atoms with E-state index in [1.165, 1.54) is 0 Å². The van der Waals surface area contributed by atoms with Gasteiger partial charge in [-0.2, -0.15) is 17.2 Å². The van der Waals surface area contributed by atoms with Crippen LogP contribution in [0.2, 0.25) is 0 Å². The van der Waals surface area contributed by atoms with E-state index in [0.717, 1.165) is 32.1 Å². The van der Waals surface area contributed by atoms with Crippen LogP contribution in [0, 0.1) is 29.6 Å². The highest BCUT2D eigenvalue weighted by Crippen LogP contribution is 2.59. The van der Waals surface area contributed by atoms with Crippen LogP contribution in [0.3, 0.4) is 0 Å². The molecule has 1 heterocycles. The fraction of sp³-hybridized carbons (Fsp3) is 0.840. The smallest absolute Gasteiger partial charge is 0.405 e. The zero-order valence-corrected chi connectivity index (χ0v) is 23.2. The molecule has 0 aromatic rings. The van der Waals surface area contributed by atoms with Crippen molar-refractivity contribution in [3.8, 4) is 0 Å². The molecule has 2 bridgehead atoms. The predicted octanol–water partition coefficient (Wildman–Crippen LogP) is 2.04. The first-order valence-corrected chi connectivity index (χ1v) is 14.8. The van der Waals surface area contributed by atoms with Crippen molar-refractivity contribution >= 4 is 34.0 Å². The van der Waals surface area contributed by atoms with Gasteiger partial charge in [0.25, 0.3) is 0 Å². The average Bonchev–Trinajstić information content (AvgIpc) is 3.47. The number of rotatable bonds is 11. The minimum Gasteiger partial charge on any atom is -0.459 e. The van der Waals surface area contributed by atoms with Crippen molar-refractivity contribution < 1.29 is 64.6 Å². The molecule has 3 aliphatic carbocycles. The molecule has 226 valence electrons. The van der Waals surface area contributed by atoms with E-state index in [9.17, 15) is 36.4 Å². The molecule has 0 aromatic carbocycles. The van der Waals surface area contributed by atoms with Crippen molar-refractivity contribution in [1.29, 1.82) is 0 Å². The summed E-state index contributed by atoms with van der Waals surface area (Å²) < 4.78 is 83.3. The van der Waals surface area contributed by atoms with Crippen LogP contribution in [0.15, 0.2) is 0 Å². The Morgan fingerprint density at radius 3 is 2.30 bits per heavy atom. The second-order valence-electron chi connectivity index (χ2n) is 11.3. The number of carbonyl (C=O) groups excluding carboxylic acids is 4. The number of hydrogen-bond donors (Lipinski definition) is 1. The Labute approximate surface area is 230 Å². The maximum atomic E-state index is 13.5. The number of carbonyl (C=O) groups is 4. The van der Waals surface area contributed by atoms with Crippen molar-refractivity contribution in [2.45, 2.75) is 88.5 Å². The quantitative estimate of drug-likeness (QED) is 0.210. The van der Waals surface area contributed by atoms with Gasteiger partial charge in [-0.05, 0) is 44.9 Å². The summed E-state index contributed by atoms with van der Waals surface area (Å²) in [6.07, 6.45) is 0.659. The third-order valence-corrected chi connectivity index (χ3v) is 9.73. The highest BCUT2D eigenvalue weighted by molar-refractivity contribution is 7.86. The molecule has 1 saturated heterocycles. The van der Waals surface area contributed by atoms with E-state index in [2.05, 4.69) is 4.74 Å². The van der Waals surface area contributed by atoms with Gasteiger partial charge in [0.15, 0.2) is 6.10 Å². The Morgan fingerprint density at radius 1 is 1.07 bits per heavy atom. The zero-order chi connectivity index (χ0) is 29.6. The third-order valence-electron chi connectivity index (χ3n) is 8.71. The number of esters is 4. The van der Waals surface area contributed by atoms with Gasteiger partial charge in [-0.15, -0.1) is 0 Å². The summed E-state index contributed by atoms with van der Waals surface area (Å²) in [5.74, 6) is -5.64. The molecule has 12 nitrogen and oxygen atoms in total. The van der Waals surface area contributed by atoms with Crippen LogP contribution in [-0.4, -0.2) is 79.2 Å². The van der Waals surface area contributed by atoms with Gasteiger partial charge in [0.1, 0.15) is 31.0 Å². The molecule has 0 radical (unpaired) electrons. The minimum atomic E-state index is -5.83. The topological polar surface area (TPSA) is 169 Å². The van der Waals surface area contributed by atoms with Gasteiger partial charge >= 0.3 is 39.2 Å². The number of fused-ring (bicyclic) bond motifs is 1. The number of alkyl halides is 2. The Morgan fingerprint density at radius 2 is 1.70 bits per heavy atom. The van der Waals surface area contributed by atoms with Crippen molar-refractivity contribution in [3.05, 3.63) is 0 Å². The molecule has 0 aromatic heterocycles. The molecule has 0 amide bonds. The van der Waals surface area contributed by atoms with Crippen molar-refractivity contribution in [3.63, 3.8) is 0 Å². The van der Waals surface area contributed by atoms with Crippen molar-refractivity contribution in [2.24, 2.45) is 29.6 Å². The minimum absolute atomic E-state index is 0.0818. The van der Waals surface area contributed by atoms with Gasteiger partial charge in [-0.25, -0.2) is 9.59 Å². The molecular weight excluding hydrogens is 562 g/mol. The van der Waals surface area contributed by atoms with E-state index in [-0.39, 0.29) is 11.8 Å². The first-order chi connectivity index (χ1) is 18.6. The Bertz CT molecular complexity index is 1130. The predicted molar refractivity (Wildman–Crippen MR) is 128 cm³/mol. The Kier molecular flexibility index (Phi) is 8.50. The molecule has 4 aliphatic rings. The first kappa shape index (κ1) is 30.6. The third kappa shape index (κ3) is 5.56. The molecule has 7 atom stereocenters. The van der Waals surface area contributed by atoms with Gasteiger partial charge in [-0.1, -0.05) is 20.3 Å². The van der Waals surface area contributed by atoms with E-state index in [1.807, 2.05) is 13.8 Å². The van der Waals surface area contributed by atoms with Gasteiger partial charge in [0, 0.05) is 11.8 Å². The van der Waals surface area contributed by atoms with Crippen LogP contribution in [0.1, 0.15) is 59.3 Å². The van der Waals surface area contributed by atoms with Gasteiger partial charge in [-0.3, -0.25) is 14.1 Å². The maximum absolute atomic E-state index is 13.5. The van der Waals surface area contributed by atoms with E-state index in [0.29, 0.717) is 13.3 Å². The molecule has 15 heteroatoms. The van der Waals surface area contributed by atoms with Crippen LogP contribution in [0.4, 0.5) is 8.78 Å². The summed E-state index contributed by atoms with van der Waals surface area (Å²) in [6, 6.07) is 0. The number of ether oxygens (including phenoxy) is 5. The second kappa shape index (κ2) is 11.1. The standard InChI is InChI=1S/C25H34F2O12S/c1-12(2)24(7-5-4-6-8-24)39-23(31)19-15-9-14-18(19)22(30)38-21(14)20(15)37-17(29)11-35-10-16(28)36-13(3)25(26,27)40(32,33)34/h12-15,18-21H,4-11H2,1-3H3,(H,32,33,34). The molecule has 4 fully saturated rings. The van der Waals surface area contributed by atoms with Gasteiger partial charge < -0.3 is 23.7 Å². The van der Waals surface area contributed by atoms with Crippen LogP contribution in [0.25, 0.3) is 0 Å². The first-order valence-electron chi connectivity index (χ1n) is 13.3. The van der Waals surface area contributed by atoms with E-state index < -0.39 is 94.1 Å². The SMILES string of the molecule is CC(C)C1(OC(=O)C2C3CC4C(OC(=O)C42)C3OC(=O)COCC(=O)OC(C)C(F)(F)S(=O)(=O)O)CCCCC1. The summed E-state index contributed by atoms with van der Waals surface area (Å²) in [5, 5.41) is -4.75. The zero-order valence-electron chi connectivity index (χ0n) is 22.4. The largest absolute Gasteiger partial charge is 0.459 e. The van der Waals surface area contributed by atoms with Crippen LogP contribution in [0.5, 0.6) is 0 Å².